The van der Waals surface area contributed by atoms with Gasteiger partial charge in [-0.15, -0.1) is 0 Å². The zero-order valence-electron chi connectivity index (χ0n) is 13.9. The Labute approximate surface area is 138 Å². The minimum absolute atomic E-state index is 0.177. The second-order valence-corrected chi connectivity index (χ2v) is 6.65. The topological polar surface area (TPSA) is 9.23 Å². The van der Waals surface area contributed by atoms with Crippen LogP contribution in [0.2, 0.25) is 0 Å². The summed E-state index contributed by atoms with van der Waals surface area (Å²) in [6.07, 6.45) is 0. The second kappa shape index (κ2) is 6.29. The molecule has 1 heteroatoms. The van der Waals surface area contributed by atoms with E-state index in [-0.39, 0.29) is 5.60 Å². The van der Waals surface area contributed by atoms with Crippen LogP contribution < -0.4 is 4.74 Å². The van der Waals surface area contributed by atoms with E-state index in [1.165, 1.54) is 22.3 Å². The van der Waals surface area contributed by atoms with E-state index in [1.807, 2.05) is 18.2 Å². The maximum Gasteiger partial charge on any atom is 0.120 e. The molecule has 116 valence electrons. The molecule has 0 heterocycles. The van der Waals surface area contributed by atoms with Gasteiger partial charge in [0, 0.05) is 0 Å². The summed E-state index contributed by atoms with van der Waals surface area (Å²) in [5.74, 6) is 0.901. The first-order valence-electron chi connectivity index (χ1n) is 7.97. The van der Waals surface area contributed by atoms with Crippen molar-refractivity contribution in [3.63, 3.8) is 0 Å². The molecule has 0 fully saturated rings. The molecule has 0 aromatic heterocycles. The van der Waals surface area contributed by atoms with Crippen LogP contribution >= 0.6 is 0 Å². The molecule has 0 unspecified atom stereocenters. The van der Waals surface area contributed by atoms with Crippen molar-refractivity contribution in [3.05, 3.63) is 78.9 Å². The fraction of sp³-hybridized carbons (Fsp3) is 0.182. The van der Waals surface area contributed by atoms with Crippen molar-refractivity contribution < 1.29 is 4.74 Å². The lowest BCUT2D eigenvalue weighted by atomic mass is 9.95. The van der Waals surface area contributed by atoms with E-state index in [1.54, 1.807) is 0 Å². The fourth-order valence-corrected chi connectivity index (χ4v) is 2.66. The van der Waals surface area contributed by atoms with Gasteiger partial charge in [0.15, 0.2) is 0 Å². The molecule has 0 spiro atoms. The molecule has 3 aromatic rings. The predicted molar refractivity (Wildman–Crippen MR) is 97.7 cm³/mol. The molecular weight excluding hydrogens is 280 g/mol. The minimum atomic E-state index is -0.177. The smallest absolute Gasteiger partial charge is 0.120 e. The SMILES string of the molecule is CC(C)(C)Oc1ccc(-c2ccccc2-c2ccccc2)cc1. The monoisotopic (exact) mass is 302 g/mol. The third-order valence-electron chi connectivity index (χ3n) is 3.60. The molecular formula is C22H22O. The lowest BCUT2D eigenvalue weighted by molar-refractivity contribution is 0.131. The lowest BCUT2D eigenvalue weighted by Crippen LogP contribution is -2.22. The predicted octanol–water partition coefficient (Wildman–Crippen LogP) is 6.20. The van der Waals surface area contributed by atoms with Crippen LogP contribution in [-0.2, 0) is 0 Å². The fourth-order valence-electron chi connectivity index (χ4n) is 2.66. The molecule has 3 rings (SSSR count). The zero-order valence-corrected chi connectivity index (χ0v) is 13.9. The quantitative estimate of drug-likeness (QED) is 0.560. The average Bonchev–Trinajstić information content (AvgIpc) is 2.55. The first kappa shape index (κ1) is 15.4. The first-order chi connectivity index (χ1) is 11.0. The molecule has 1 nitrogen and oxygen atoms in total. The summed E-state index contributed by atoms with van der Waals surface area (Å²) in [6.45, 7) is 6.18. The van der Waals surface area contributed by atoms with Gasteiger partial charge in [-0.1, -0.05) is 66.7 Å². The van der Waals surface area contributed by atoms with Crippen LogP contribution in [0.5, 0.6) is 5.75 Å². The average molecular weight is 302 g/mol. The number of benzene rings is 3. The van der Waals surface area contributed by atoms with Crippen LogP contribution in [0.15, 0.2) is 78.9 Å². The summed E-state index contributed by atoms with van der Waals surface area (Å²) in [5.41, 5.74) is 4.74. The lowest BCUT2D eigenvalue weighted by Gasteiger charge is -2.21. The summed E-state index contributed by atoms with van der Waals surface area (Å²) < 4.78 is 5.91. The Kier molecular flexibility index (Phi) is 4.20. The highest BCUT2D eigenvalue weighted by Crippen LogP contribution is 2.33. The van der Waals surface area contributed by atoms with Crippen LogP contribution in [-0.4, -0.2) is 5.60 Å². The Morgan fingerprint density at radius 2 is 1.04 bits per heavy atom. The molecule has 0 saturated heterocycles. The van der Waals surface area contributed by atoms with Gasteiger partial charge in [-0.3, -0.25) is 0 Å². The molecule has 0 bridgehead atoms. The highest BCUT2D eigenvalue weighted by molar-refractivity contribution is 5.83. The third-order valence-corrected chi connectivity index (χ3v) is 3.60. The van der Waals surface area contributed by atoms with Crippen LogP contribution in [0.3, 0.4) is 0 Å². The summed E-state index contributed by atoms with van der Waals surface area (Å²) in [4.78, 5) is 0. The van der Waals surface area contributed by atoms with Gasteiger partial charge < -0.3 is 4.74 Å². The minimum Gasteiger partial charge on any atom is -0.488 e. The van der Waals surface area contributed by atoms with Crippen molar-refractivity contribution in [2.24, 2.45) is 0 Å². The molecule has 0 aliphatic carbocycles. The van der Waals surface area contributed by atoms with Gasteiger partial charge in [-0.2, -0.15) is 0 Å². The van der Waals surface area contributed by atoms with E-state index < -0.39 is 0 Å². The van der Waals surface area contributed by atoms with E-state index in [9.17, 15) is 0 Å². The number of hydrogen-bond acceptors (Lipinski definition) is 1. The Bertz CT molecular complexity index is 765. The summed E-state index contributed by atoms with van der Waals surface area (Å²) in [6, 6.07) is 27.3. The highest BCUT2D eigenvalue weighted by atomic mass is 16.5. The van der Waals surface area contributed by atoms with Gasteiger partial charge in [-0.05, 0) is 55.2 Å². The van der Waals surface area contributed by atoms with Crippen LogP contribution in [0.4, 0.5) is 0 Å². The molecule has 0 radical (unpaired) electrons. The van der Waals surface area contributed by atoms with E-state index in [2.05, 4.69) is 81.4 Å². The van der Waals surface area contributed by atoms with Crippen LogP contribution in [0, 0.1) is 0 Å². The third kappa shape index (κ3) is 3.81. The standard InChI is InChI=1S/C22H22O/c1-22(2,3)23-19-15-13-18(14-16-19)21-12-8-7-11-20(21)17-9-5-4-6-10-17/h4-16H,1-3H3. The summed E-state index contributed by atoms with van der Waals surface area (Å²) >= 11 is 0. The van der Waals surface area contributed by atoms with E-state index in [0.717, 1.165) is 5.75 Å². The van der Waals surface area contributed by atoms with Crippen molar-refractivity contribution in [1.29, 1.82) is 0 Å². The Balaban J connectivity index is 1.97. The van der Waals surface area contributed by atoms with Crippen LogP contribution in [0.1, 0.15) is 20.8 Å². The van der Waals surface area contributed by atoms with Gasteiger partial charge in [-0.25, -0.2) is 0 Å². The number of ether oxygens (including phenoxy) is 1. The first-order valence-corrected chi connectivity index (χ1v) is 7.97. The number of hydrogen-bond donors (Lipinski definition) is 0. The Morgan fingerprint density at radius 3 is 1.57 bits per heavy atom. The van der Waals surface area contributed by atoms with Gasteiger partial charge >= 0.3 is 0 Å². The normalized spacial score (nSPS) is 11.3. The maximum atomic E-state index is 5.91. The van der Waals surface area contributed by atoms with E-state index in [4.69, 9.17) is 4.74 Å². The zero-order chi connectivity index (χ0) is 16.3. The van der Waals surface area contributed by atoms with Gasteiger partial charge in [0.2, 0.25) is 0 Å². The highest BCUT2D eigenvalue weighted by Gasteiger charge is 2.12. The van der Waals surface area contributed by atoms with Gasteiger partial charge in [0.05, 0.1) is 0 Å². The molecule has 0 aliphatic heterocycles. The van der Waals surface area contributed by atoms with Crippen molar-refractivity contribution in [1.82, 2.24) is 0 Å². The molecule has 23 heavy (non-hydrogen) atoms. The van der Waals surface area contributed by atoms with Crippen molar-refractivity contribution >= 4 is 0 Å². The largest absolute Gasteiger partial charge is 0.488 e. The van der Waals surface area contributed by atoms with E-state index >= 15 is 0 Å². The second-order valence-electron chi connectivity index (χ2n) is 6.65. The molecule has 0 amide bonds. The summed E-state index contributed by atoms with van der Waals surface area (Å²) in [7, 11) is 0. The van der Waals surface area contributed by atoms with Crippen molar-refractivity contribution in [2.45, 2.75) is 26.4 Å². The molecule has 0 atom stereocenters. The molecule has 3 aromatic carbocycles. The summed E-state index contributed by atoms with van der Waals surface area (Å²) in [5, 5.41) is 0. The molecule has 0 aliphatic rings. The Morgan fingerprint density at radius 1 is 0.565 bits per heavy atom. The van der Waals surface area contributed by atoms with Gasteiger partial charge in [0.1, 0.15) is 11.4 Å². The maximum absolute atomic E-state index is 5.91. The molecule has 0 N–H and O–H groups in total. The van der Waals surface area contributed by atoms with Crippen LogP contribution in [0.25, 0.3) is 22.3 Å². The van der Waals surface area contributed by atoms with Crippen molar-refractivity contribution in [3.8, 4) is 28.0 Å². The number of rotatable bonds is 3. The Hall–Kier alpha value is -2.54. The molecule has 0 saturated carbocycles. The van der Waals surface area contributed by atoms with Gasteiger partial charge in [0.25, 0.3) is 0 Å². The van der Waals surface area contributed by atoms with E-state index in [0.29, 0.717) is 0 Å². The van der Waals surface area contributed by atoms with Crippen molar-refractivity contribution in [2.75, 3.05) is 0 Å².